The smallest absolute Gasteiger partial charge is 0.305 e. The van der Waals surface area contributed by atoms with Crippen LogP contribution >= 0.6 is 0 Å². The first-order valence-electron chi connectivity index (χ1n) is 50.6. The normalized spacial score (nSPS) is 44.5. The fourth-order valence-corrected chi connectivity index (χ4v) is 34.0. The van der Waals surface area contributed by atoms with Crippen molar-refractivity contribution in [1.29, 1.82) is 0 Å². The van der Waals surface area contributed by atoms with E-state index in [0.29, 0.717) is 204 Å². The standard InChI is InChI=1S/C28H42O5.C27H42O6.C27H40O5.C24H36O3/c1-5-6-13-33-25(32)10-7-17(2)20-8-9-21-26-22(16-24(31)28(20,21)4)27(3)12-11-19(29)14-18(27)15-23(26)30;1-5-6-17(2)20-7-8-21-25-22(13-24(33-16-30)27(20,21)4)26(3)10-9-19(31-14-28)11-18(26)12-23(25)32-15-29;1-5-12-32-24(31)9-6-16(2)19-7-8-20-25-21(15-23(30)27(19,20)4)26(3)11-10-18(28)13-17(26)14-22(25)29;1-5-6-14(2)17-7-8-18-22-19(13-21(27)24(17,18)4)23(3)10-9-16(25)11-15(23)12-20(22)26/h17-18,20-22,26H,5-16H2,1-4H3;14-25H,5-13H2,1-4H3;16-17,19-21,25H,5-15H2,1-4H3;14-15,17-19,22H,5-13H2,1-4H3/t17?,18-,20+,21-,22-,26-,27-,28+;17?,18-,19+,20+,21-,22-,23+,24-,25-,26-,27+;16?,17-,19+,20-,21-,25-,26-,27+;14?,15-,17+,18-,19-,22-,23-,24+/m0000/s1. The number of ketones is 9. The minimum atomic E-state index is -0.476. The molecular weight excluding hydrogens is 1580 g/mol. The van der Waals surface area contributed by atoms with Crippen molar-refractivity contribution in [3.63, 3.8) is 0 Å². The Bertz CT molecular complexity index is 4010. The molecule has 0 aromatic carbocycles. The molecule has 0 N–H and O–H groups in total. The summed E-state index contributed by atoms with van der Waals surface area (Å²) in [6, 6.07) is 0. The van der Waals surface area contributed by atoms with Gasteiger partial charge in [0.1, 0.15) is 70.4 Å². The molecule has 35 atom stereocenters. The molecule has 16 aliphatic rings. The van der Waals surface area contributed by atoms with Crippen LogP contribution in [0.2, 0.25) is 0 Å². The highest BCUT2D eigenvalue weighted by molar-refractivity contribution is 5.95. The molecule has 16 saturated carbocycles. The lowest BCUT2D eigenvalue weighted by Crippen LogP contribution is -2.63. The van der Waals surface area contributed by atoms with Gasteiger partial charge in [-0.25, -0.2) is 0 Å². The SMILES string of the molecule is CCCC(C)[C@H]1CC[C@H]2[C@@H]3C(=O)C[C@@H]4CC(=O)CC[C@]4(C)[C@H]3CC(=O)[C@]12C.CCCC(C)[C@H]1CC[C@H]2[C@@H]3[C@H](OC=O)C[C@@H]4C[C@H](OC=O)CC[C@]4(C)[C@H]3C[C@H](OC=O)[C@]12C.CCCCOC(=O)CCC(C)[C@H]1CC[C@H]2[C@@H]3C(=O)C[C@@H]4CC(=O)CC[C@]4(C)[C@H]3CC(=O)[C@]12C.CCCOC(=O)CCC(C)[C@H]1CC[C@H]2[C@@H]3C(=O)C[C@@H]4CC(=O)CC[C@]4(C)[C@H]3CC(=O)[C@]12C. The number of Topliss-reactive ketones (excluding diaryl/α,β-unsaturated/α-hetero) is 9. The molecule has 0 aliphatic heterocycles. The topological polar surface area (TPSA) is 285 Å². The Labute approximate surface area is 748 Å². The maximum Gasteiger partial charge on any atom is 0.305 e. The third-order valence-electron chi connectivity index (χ3n) is 41.2. The van der Waals surface area contributed by atoms with E-state index >= 15 is 0 Å². The first kappa shape index (κ1) is 96.9. The third kappa shape index (κ3) is 17.3. The number of fused-ring (bicyclic) bond motifs is 20. The van der Waals surface area contributed by atoms with Crippen molar-refractivity contribution >= 4 is 83.4 Å². The van der Waals surface area contributed by atoms with E-state index in [1.807, 2.05) is 6.92 Å². The quantitative estimate of drug-likeness (QED) is 0.0355. The molecule has 125 heavy (non-hydrogen) atoms. The summed E-state index contributed by atoms with van der Waals surface area (Å²) in [6.07, 6.45) is 30.8. The maximum atomic E-state index is 13.8. The zero-order valence-corrected chi connectivity index (χ0v) is 79.6. The Kier molecular flexibility index (Phi) is 30.0. The highest BCUT2D eigenvalue weighted by atomic mass is 16.5. The summed E-state index contributed by atoms with van der Waals surface area (Å²) in [4.78, 5) is 176. The van der Waals surface area contributed by atoms with E-state index in [1.165, 1.54) is 12.8 Å². The lowest BCUT2D eigenvalue weighted by Gasteiger charge is -2.64. The molecule has 0 aromatic heterocycles. The number of carbonyl (C=O) groups is 14. The van der Waals surface area contributed by atoms with E-state index in [4.69, 9.17) is 23.7 Å². The molecule has 19 heteroatoms. The minimum absolute atomic E-state index is 0.00338. The molecule has 0 bridgehead atoms. The van der Waals surface area contributed by atoms with Gasteiger partial charge in [-0.05, 0) is 268 Å². The fourth-order valence-electron chi connectivity index (χ4n) is 34.0. The summed E-state index contributed by atoms with van der Waals surface area (Å²) in [7, 11) is 0. The predicted octanol–water partition coefficient (Wildman–Crippen LogP) is 20.2. The largest absolute Gasteiger partial charge is 0.466 e. The number of hydrogen-bond acceptors (Lipinski definition) is 19. The zero-order chi connectivity index (χ0) is 90.6. The number of unbranched alkanes of at least 4 members (excludes halogenated alkanes) is 1. The van der Waals surface area contributed by atoms with Gasteiger partial charge in [-0.15, -0.1) is 0 Å². The van der Waals surface area contributed by atoms with Crippen molar-refractivity contribution in [2.24, 2.45) is 185 Å². The highest BCUT2D eigenvalue weighted by Gasteiger charge is 2.72. The van der Waals surface area contributed by atoms with Gasteiger partial charge in [0.05, 0.1) is 13.2 Å². The van der Waals surface area contributed by atoms with Crippen molar-refractivity contribution in [3.8, 4) is 0 Å². The number of rotatable bonds is 25. The average Bonchev–Trinajstić information content (AvgIpc) is 1.67. The van der Waals surface area contributed by atoms with Crippen LogP contribution < -0.4 is 0 Å². The van der Waals surface area contributed by atoms with Gasteiger partial charge in [0.2, 0.25) is 0 Å². The third-order valence-corrected chi connectivity index (χ3v) is 41.2. The van der Waals surface area contributed by atoms with Crippen molar-refractivity contribution in [1.82, 2.24) is 0 Å². The van der Waals surface area contributed by atoms with Crippen LogP contribution in [0.25, 0.3) is 0 Å². The highest BCUT2D eigenvalue weighted by Crippen LogP contribution is 2.73. The van der Waals surface area contributed by atoms with Gasteiger partial charge in [-0.2, -0.15) is 0 Å². The molecule has 0 amide bonds. The Hall–Kier alpha value is -5.62. The van der Waals surface area contributed by atoms with Gasteiger partial charge in [-0.1, -0.05) is 143 Å². The van der Waals surface area contributed by atoms with Gasteiger partial charge < -0.3 is 23.7 Å². The molecular formula is C106H160O19. The lowest BCUT2D eigenvalue weighted by molar-refractivity contribution is -0.218. The van der Waals surface area contributed by atoms with E-state index in [-0.39, 0.29) is 175 Å². The summed E-state index contributed by atoms with van der Waals surface area (Å²) in [5.74, 6) is 8.03. The van der Waals surface area contributed by atoms with Crippen LogP contribution in [0.4, 0.5) is 0 Å². The number of hydrogen-bond donors (Lipinski definition) is 0. The van der Waals surface area contributed by atoms with Gasteiger partial charge in [0.15, 0.2) is 0 Å². The van der Waals surface area contributed by atoms with Crippen LogP contribution in [0.5, 0.6) is 0 Å². The minimum Gasteiger partial charge on any atom is -0.466 e. The molecule has 0 saturated heterocycles. The molecule has 0 spiro atoms. The first-order chi connectivity index (χ1) is 59.3. The Morgan fingerprint density at radius 2 is 0.744 bits per heavy atom. The number of ether oxygens (including phenoxy) is 5. The summed E-state index contributed by atoms with van der Waals surface area (Å²) in [6.45, 7) is 38.3. The van der Waals surface area contributed by atoms with Gasteiger partial charge in [-0.3, -0.25) is 67.1 Å². The van der Waals surface area contributed by atoms with Crippen LogP contribution in [0.3, 0.4) is 0 Å². The summed E-state index contributed by atoms with van der Waals surface area (Å²) in [5.41, 5.74) is -1.44. The van der Waals surface area contributed by atoms with E-state index in [0.717, 1.165) is 148 Å². The molecule has 16 aliphatic carbocycles. The van der Waals surface area contributed by atoms with Crippen molar-refractivity contribution in [2.75, 3.05) is 13.2 Å². The summed E-state index contributed by atoms with van der Waals surface area (Å²) >= 11 is 0. The van der Waals surface area contributed by atoms with Gasteiger partial charge >= 0.3 is 11.9 Å². The van der Waals surface area contributed by atoms with Crippen LogP contribution in [0.1, 0.15) is 361 Å². The summed E-state index contributed by atoms with van der Waals surface area (Å²) < 4.78 is 27.7. The molecule has 19 nitrogen and oxygen atoms in total. The second-order valence-corrected chi connectivity index (χ2v) is 46.3. The summed E-state index contributed by atoms with van der Waals surface area (Å²) in [5, 5.41) is 0. The van der Waals surface area contributed by atoms with E-state index in [1.54, 1.807) is 0 Å². The van der Waals surface area contributed by atoms with Crippen LogP contribution in [0.15, 0.2) is 0 Å². The van der Waals surface area contributed by atoms with E-state index in [9.17, 15) is 67.1 Å². The molecule has 0 aromatic rings. The van der Waals surface area contributed by atoms with E-state index in [2.05, 4.69) is 104 Å². The van der Waals surface area contributed by atoms with Crippen LogP contribution in [-0.2, 0) is 90.8 Å². The second-order valence-electron chi connectivity index (χ2n) is 46.3. The Morgan fingerprint density at radius 1 is 0.368 bits per heavy atom. The number of esters is 2. The average molecular weight is 1740 g/mol. The molecule has 16 fully saturated rings. The second kappa shape index (κ2) is 38.7. The van der Waals surface area contributed by atoms with Crippen molar-refractivity contribution in [2.45, 2.75) is 380 Å². The van der Waals surface area contributed by atoms with Gasteiger partial charge in [0.25, 0.3) is 19.4 Å². The number of carbonyl (C=O) groups excluding carboxylic acids is 14. The Balaban J connectivity index is 0.000000143. The van der Waals surface area contributed by atoms with Crippen molar-refractivity contribution < 1.29 is 90.8 Å². The maximum absolute atomic E-state index is 13.8. The predicted molar refractivity (Wildman–Crippen MR) is 474 cm³/mol. The molecule has 4 unspecified atom stereocenters. The van der Waals surface area contributed by atoms with Crippen LogP contribution in [-0.4, -0.2) is 115 Å². The lowest BCUT2D eigenvalue weighted by atomic mass is 9.43. The Morgan fingerprint density at radius 3 is 1.14 bits per heavy atom. The molecule has 0 heterocycles. The fraction of sp³-hybridized carbons (Fsp3) is 0.868. The first-order valence-corrected chi connectivity index (χ1v) is 50.6. The monoisotopic (exact) mass is 1740 g/mol. The zero-order valence-electron chi connectivity index (χ0n) is 79.6. The van der Waals surface area contributed by atoms with Gasteiger partial charge in [0, 0.05) is 135 Å². The van der Waals surface area contributed by atoms with Crippen LogP contribution in [0, 0.1) is 185 Å². The molecule has 698 valence electrons. The molecule has 0 radical (unpaired) electrons. The molecule has 16 rings (SSSR count). The van der Waals surface area contributed by atoms with Crippen molar-refractivity contribution in [3.05, 3.63) is 0 Å². The van der Waals surface area contributed by atoms with E-state index < -0.39 is 10.8 Å².